The summed E-state index contributed by atoms with van der Waals surface area (Å²) in [4.78, 5) is 12.1. The minimum Gasteiger partial charge on any atom is -0.368 e. The van der Waals surface area contributed by atoms with E-state index in [-0.39, 0.29) is 5.54 Å². The molecule has 0 radical (unpaired) electrons. The molecule has 0 saturated carbocycles. The number of nitrogens with zero attached hydrogens (tertiary/aromatic N) is 3. The number of hydrogen-bond donors (Lipinski definition) is 1. The molecule has 0 unspecified atom stereocenters. The van der Waals surface area contributed by atoms with Gasteiger partial charge in [0.15, 0.2) is 0 Å². The molecule has 2 aromatic heterocycles. The van der Waals surface area contributed by atoms with Gasteiger partial charge >= 0.3 is 0 Å². The molecule has 3 heterocycles. The van der Waals surface area contributed by atoms with E-state index in [1.165, 1.54) is 12.8 Å². The Hall–Kier alpha value is -1.36. The summed E-state index contributed by atoms with van der Waals surface area (Å²) in [5.74, 6) is 1.37. The van der Waals surface area contributed by atoms with E-state index in [1.54, 1.807) is 11.3 Å². The van der Waals surface area contributed by atoms with Gasteiger partial charge in [-0.2, -0.15) is 4.98 Å². The molecule has 17 heavy (non-hydrogen) atoms. The highest BCUT2D eigenvalue weighted by atomic mass is 32.1. The summed E-state index contributed by atoms with van der Waals surface area (Å²) in [6.07, 6.45) is 2.41. The lowest BCUT2D eigenvalue weighted by atomic mass is 10.0. The minimum atomic E-state index is 0.162. The molecule has 2 N–H and O–H groups in total. The molecule has 0 spiro atoms. The Morgan fingerprint density at radius 3 is 2.94 bits per heavy atom. The summed E-state index contributed by atoms with van der Waals surface area (Å²) in [5, 5.41) is 3.17. The van der Waals surface area contributed by atoms with Gasteiger partial charge in [-0.1, -0.05) is 0 Å². The summed E-state index contributed by atoms with van der Waals surface area (Å²) >= 11 is 1.62. The third-order valence-electron chi connectivity index (χ3n) is 3.48. The Labute approximate surface area is 104 Å². The molecule has 1 aliphatic heterocycles. The van der Waals surface area contributed by atoms with Crippen LogP contribution in [-0.4, -0.2) is 22.1 Å². The predicted molar refractivity (Wildman–Crippen MR) is 72.5 cm³/mol. The van der Waals surface area contributed by atoms with Crippen molar-refractivity contribution in [1.29, 1.82) is 0 Å². The second-order valence-corrected chi connectivity index (χ2v) is 6.01. The van der Waals surface area contributed by atoms with Crippen LogP contribution < -0.4 is 10.6 Å². The number of nitrogen functional groups attached to an aromatic ring is 1. The first-order chi connectivity index (χ1) is 8.08. The number of hydrogen-bond acceptors (Lipinski definition) is 5. The molecular weight excluding hydrogens is 232 g/mol. The normalized spacial score (nSPS) is 19.1. The monoisotopic (exact) mass is 248 g/mol. The average molecular weight is 248 g/mol. The van der Waals surface area contributed by atoms with Crippen LogP contribution in [0, 0.1) is 0 Å². The molecule has 0 amide bonds. The number of thiophene rings is 1. The van der Waals surface area contributed by atoms with Crippen LogP contribution in [0.1, 0.15) is 26.7 Å². The van der Waals surface area contributed by atoms with Crippen LogP contribution in [0.4, 0.5) is 11.8 Å². The van der Waals surface area contributed by atoms with Gasteiger partial charge in [-0.25, -0.2) is 4.98 Å². The molecule has 2 aromatic rings. The van der Waals surface area contributed by atoms with Crippen molar-refractivity contribution >= 4 is 33.3 Å². The van der Waals surface area contributed by atoms with E-state index in [9.17, 15) is 0 Å². The Morgan fingerprint density at radius 2 is 2.24 bits per heavy atom. The van der Waals surface area contributed by atoms with Crippen molar-refractivity contribution in [2.45, 2.75) is 32.2 Å². The van der Waals surface area contributed by atoms with Crippen molar-refractivity contribution in [2.75, 3.05) is 17.2 Å². The van der Waals surface area contributed by atoms with E-state index in [0.717, 1.165) is 22.6 Å². The van der Waals surface area contributed by atoms with Gasteiger partial charge < -0.3 is 10.6 Å². The van der Waals surface area contributed by atoms with Gasteiger partial charge in [-0.05, 0) is 38.1 Å². The van der Waals surface area contributed by atoms with Crippen molar-refractivity contribution in [3.63, 3.8) is 0 Å². The van der Waals surface area contributed by atoms with Crippen molar-refractivity contribution in [1.82, 2.24) is 9.97 Å². The summed E-state index contributed by atoms with van der Waals surface area (Å²) in [5.41, 5.74) is 5.96. The second kappa shape index (κ2) is 3.57. The summed E-state index contributed by atoms with van der Waals surface area (Å²) < 4.78 is 0. The molecule has 0 bridgehead atoms. The van der Waals surface area contributed by atoms with Gasteiger partial charge in [0, 0.05) is 12.1 Å². The van der Waals surface area contributed by atoms with Gasteiger partial charge in [-0.3, -0.25) is 0 Å². The predicted octanol–water partition coefficient (Wildman–Crippen LogP) is 2.65. The highest BCUT2D eigenvalue weighted by Crippen LogP contribution is 2.37. The van der Waals surface area contributed by atoms with Crippen LogP contribution in [0.5, 0.6) is 0 Å². The van der Waals surface area contributed by atoms with E-state index in [1.807, 2.05) is 5.38 Å². The fourth-order valence-electron chi connectivity index (χ4n) is 2.56. The lowest BCUT2D eigenvalue weighted by Gasteiger charge is -2.33. The molecular formula is C12H16N4S. The fourth-order valence-corrected chi connectivity index (χ4v) is 3.33. The first kappa shape index (κ1) is 10.8. The molecule has 0 atom stereocenters. The smallest absolute Gasteiger partial charge is 0.223 e. The van der Waals surface area contributed by atoms with E-state index in [4.69, 9.17) is 5.73 Å². The minimum absolute atomic E-state index is 0.162. The summed E-state index contributed by atoms with van der Waals surface area (Å²) in [6, 6.07) is 2.09. The third kappa shape index (κ3) is 1.65. The van der Waals surface area contributed by atoms with Gasteiger partial charge in [0.25, 0.3) is 0 Å². The highest BCUT2D eigenvalue weighted by Gasteiger charge is 2.34. The quantitative estimate of drug-likeness (QED) is 0.843. The summed E-state index contributed by atoms with van der Waals surface area (Å²) in [7, 11) is 0. The maximum absolute atomic E-state index is 5.80. The first-order valence-corrected chi connectivity index (χ1v) is 6.74. The van der Waals surface area contributed by atoms with Crippen LogP contribution in [0.3, 0.4) is 0 Å². The first-order valence-electron chi connectivity index (χ1n) is 5.86. The van der Waals surface area contributed by atoms with E-state index >= 15 is 0 Å². The van der Waals surface area contributed by atoms with Gasteiger partial charge in [0.05, 0.1) is 5.39 Å². The van der Waals surface area contributed by atoms with Crippen LogP contribution >= 0.6 is 11.3 Å². The molecule has 5 heteroatoms. The highest BCUT2D eigenvalue weighted by molar-refractivity contribution is 7.16. The molecule has 3 rings (SSSR count). The summed E-state index contributed by atoms with van der Waals surface area (Å²) in [6.45, 7) is 5.57. The van der Waals surface area contributed by atoms with E-state index < -0.39 is 0 Å². The lowest BCUT2D eigenvalue weighted by Crippen LogP contribution is -2.38. The van der Waals surface area contributed by atoms with Crippen LogP contribution in [0.2, 0.25) is 0 Å². The molecule has 1 aliphatic rings. The fraction of sp³-hybridized carbons (Fsp3) is 0.500. The van der Waals surface area contributed by atoms with Crippen LogP contribution in [-0.2, 0) is 0 Å². The van der Waals surface area contributed by atoms with Crippen molar-refractivity contribution < 1.29 is 0 Å². The largest absolute Gasteiger partial charge is 0.368 e. The van der Waals surface area contributed by atoms with E-state index in [0.29, 0.717) is 5.95 Å². The number of anilines is 2. The zero-order chi connectivity index (χ0) is 12.0. The number of nitrogens with two attached hydrogens (primary N) is 1. The van der Waals surface area contributed by atoms with Gasteiger partial charge in [0.2, 0.25) is 5.95 Å². The molecule has 0 aliphatic carbocycles. The molecule has 1 fully saturated rings. The molecule has 90 valence electrons. The molecule has 1 saturated heterocycles. The zero-order valence-electron chi connectivity index (χ0n) is 10.1. The van der Waals surface area contributed by atoms with Crippen molar-refractivity contribution in [2.24, 2.45) is 0 Å². The van der Waals surface area contributed by atoms with Crippen LogP contribution in [0.25, 0.3) is 10.2 Å². The Kier molecular flexibility index (Phi) is 2.26. The Bertz CT molecular complexity index is 561. The zero-order valence-corrected chi connectivity index (χ0v) is 10.9. The standard InChI is InChI=1S/C12H16N4S/c1-12(2)5-3-6-16(12)9-8-4-7-17-10(8)15-11(13)14-9/h4,7H,3,5-6H2,1-2H3,(H2,13,14,15). The van der Waals surface area contributed by atoms with Crippen molar-refractivity contribution in [3.05, 3.63) is 11.4 Å². The average Bonchev–Trinajstić information content (AvgIpc) is 2.82. The second-order valence-electron chi connectivity index (χ2n) is 5.11. The Balaban J connectivity index is 2.19. The number of rotatable bonds is 1. The maximum Gasteiger partial charge on any atom is 0.223 e. The van der Waals surface area contributed by atoms with Gasteiger partial charge in [-0.15, -0.1) is 11.3 Å². The molecule has 0 aromatic carbocycles. The SMILES string of the molecule is CC1(C)CCCN1c1nc(N)nc2sccc12. The molecule has 4 nitrogen and oxygen atoms in total. The topological polar surface area (TPSA) is 55.0 Å². The number of fused-ring (bicyclic) bond motifs is 1. The number of aromatic nitrogens is 2. The van der Waals surface area contributed by atoms with Crippen molar-refractivity contribution in [3.8, 4) is 0 Å². The van der Waals surface area contributed by atoms with Crippen LogP contribution in [0.15, 0.2) is 11.4 Å². The third-order valence-corrected chi connectivity index (χ3v) is 4.29. The van der Waals surface area contributed by atoms with E-state index in [2.05, 4.69) is 34.8 Å². The maximum atomic E-state index is 5.80. The lowest BCUT2D eigenvalue weighted by molar-refractivity contribution is 0.515. The Morgan fingerprint density at radius 1 is 1.41 bits per heavy atom. The van der Waals surface area contributed by atoms with Gasteiger partial charge in [0.1, 0.15) is 10.6 Å².